The number of ether oxygens (including phenoxy) is 2. The zero-order chi connectivity index (χ0) is 22.6. The topological polar surface area (TPSA) is 38.7 Å². The maximum atomic E-state index is 8.89. The Bertz CT molecular complexity index is 988. The molecule has 0 aromatic heterocycles. The lowest BCUT2D eigenvalue weighted by Gasteiger charge is -2.15. The lowest BCUT2D eigenvalue weighted by atomic mass is 9.97. The number of para-hydroxylation sites is 2. The second kappa shape index (κ2) is 12.3. The summed E-state index contributed by atoms with van der Waals surface area (Å²) in [5.41, 5.74) is 4.63. The minimum Gasteiger partial charge on any atom is -0.493 e. The smallest absolute Gasteiger partial charge is 0.134 e. The molecule has 0 radical (unpaired) electrons. The van der Waals surface area contributed by atoms with Gasteiger partial charge in [-0.15, -0.1) is 0 Å². The number of rotatable bonds is 7. The molecule has 0 bridgehead atoms. The van der Waals surface area contributed by atoms with Crippen LogP contribution in [0.3, 0.4) is 0 Å². The lowest BCUT2D eigenvalue weighted by molar-refractivity contribution is 0.123. The van der Waals surface area contributed by atoms with E-state index >= 15 is 0 Å². The van der Waals surface area contributed by atoms with E-state index in [1.54, 1.807) is 6.92 Å². The van der Waals surface area contributed by atoms with Crippen LogP contribution in [0.25, 0.3) is 22.3 Å². The molecule has 0 aliphatic carbocycles. The number of aliphatic hydroxyl groups is 1. The average Bonchev–Trinajstić information content (AvgIpc) is 2.85. The fraction of sp³-hybridized carbons (Fsp3) is 0.172. The van der Waals surface area contributed by atoms with Crippen LogP contribution in [0.15, 0.2) is 109 Å². The van der Waals surface area contributed by atoms with Crippen molar-refractivity contribution in [3.8, 4) is 33.8 Å². The minimum atomic E-state index is -0.407. The van der Waals surface area contributed by atoms with E-state index < -0.39 is 6.10 Å². The van der Waals surface area contributed by atoms with E-state index in [1.807, 2.05) is 49.4 Å². The molecule has 0 aliphatic heterocycles. The molecular formula is C29H30O3. The SMILES string of the molecule is CC(O)COc1ccccc1.CCOc1c(-c2ccccc2)cccc1-c1ccccc1. The Labute approximate surface area is 190 Å². The van der Waals surface area contributed by atoms with Gasteiger partial charge in [0.15, 0.2) is 0 Å². The normalized spacial score (nSPS) is 11.1. The summed E-state index contributed by atoms with van der Waals surface area (Å²) in [5, 5.41) is 8.89. The highest BCUT2D eigenvalue weighted by Gasteiger charge is 2.12. The van der Waals surface area contributed by atoms with E-state index in [1.165, 1.54) is 11.1 Å². The second-order valence-corrected chi connectivity index (χ2v) is 7.32. The highest BCUT2D eigenvalue weighted by atomic mass is 16.5. The van der Waals surface area contributed by atoms with Gasteiger partial charge in [-0.2, -0.15) is 0 Å². The Balaban J connectivity index is 0.000000222. The molecule has 1 unspecified atom stereocenters. The number of hydrogen-bond acceptors (Lipinski definition) is 3. The molecule has 4 aromatic rings. The average molecular weight is 427 g/mol. The van der Waals surface area contributed by atoms with Gasteiger partial charge in [-0.05, 0) is 37.1 Å². The first-order chi connectivity index (χ1) is 15.7. The maximum absolute atomic E-state index is 8.89. The molecule has 0 aliphatic rings. The van der Waals surface area contributed by atoms with Gasteiger partial charge in [-0.1, -0.05) is 97.1 Å². The van der Waals surface area contributed by atoms with Gasteiger partial charge >= 0.3 is 0 Å². The van der Waals surface area contributed by atoms with E-state index in [2.05, 4.69) is 66.7 Å². The van der Waals surface area contributed by atoms with E-state index in [0.29, 0.717) is 13.2 Å². The molecular weight excluding hydrogens is 396 g/mol. The first kappa shape index (κ1) is 23.1. The molecule has 4 rings (SSSR count). The van der Waals surface area contributed by atoms with Crippen LogP contribution < -0.4 is 9.47 Å². The molecule has 0 spiro atoms. The lowest BCUT2D eigenvalue weighted by Crippen LogP contribution is -2.12. The van der Waals surface area contributed by atoms with E-state index in [-0.39, 0.29) is 0 Å². The third-order valence-corrected chi connectivity index (χ3v) is 4.71. The van der Waals surface area contributed by atoms with E-state index in [9.17, 15) is 0 Å². The number of aliphatic hydroxyl groups excluding tert-OH is 1. The first-order valence-electron chi connectivity index (χ1n) is 10.9. The van der Waals surface area contributed by atoms with Crippen molar-refractivity contribution in [2.24, 2.45) is 0 Å². The van der Waals surface area contributed by atoms with Crippen LogP contribution >= 0.6 is 0 Å². The molecule has 0 heterocycles. The second-order valence-electron chi connectivity index (χ2n) is 7.32. The summed E-state index contributed by atoms with van der Waals surface area (Å²) in [5.74, 6) is 1.76. The van der Waals surface area contributed by atoms with Crippen LogP contribution in [0.2, 0.25) is 0 Å². The number of benzene rings is 4. The Kier molecular flexibility index (Phi) is 8.91. The van der Waals surface area contributed by atoms with Gasteiger partial charge in [0.05, 0.1) is 12.7 Å². The summed E-state index contributed by atoms with van der Waals surface area (Å²) in [6, 6.07) is 36.5. The van der Waals surface area contributed by atoms with Crippen molar-refractivity contribution in [3.05, 3.63) is 109 Å². The van der Waals surface area contributed by atoms with Crippen molar-refractivity contribution in [1.82, 2.24) is 0 Å². The van der Waals surface area contributed by atoms with Crippen molar-refractivity contribution < 1.29 is 14.6 Å². The molecule has 1 atom stereocenters. The van der Waals surface area contributed by atoms with Gasteiger partial charge in [-0.25, -0.2) is 0 Å². The third kappa shape index (κ3) is 6.73. The molecule has 0 saturated heterocycles. The quantitative estimate of drug-likeness (QED) is 0.351. The highest BCUT2D eigenvalue weighted by Crippen LogP contribution is 2.38. The largest absolute Gasteiger partial charge is 0.493 e. The molecule has 32 heavy (non-hydrogen) atoms. The molecule has 3 heteroatoms. The van der Waals surface area contributed by atoms with Crippen molar-refractivity contribution in [2.45, 2.75) is 20.0 Å². The predicted octanol–water partition coefficient (Wildman–Crippen LogP) is 6.87. The van der Waals surface area contributed by atoms with Gasteiger partial charge in [0, 0.05) is 11.1 Å². The van der Waals surface area contributed by atoms with Gasteiger partial charge in [0.1, 0.15) is 18.1 Å². The fourth-order valence-electron chi connectivity index (χ4n) is 3.26. The van der Waals surface area contributed by atoms with Crippen molar-refractivity contribution in [1.29, 1.82) is 0 Å². The van der Waals surface area contributed by atoms with Gasteiger partial charge < -0.3 is 14.6 Å². The predicted molar refractivity (Wildman–Crippen MR) is 132 cm³/mol. The summed E-state index contributed by atoms with van der Waals surface area (Å²) in [6.45, 7) is 4.73. The minimum absolute atomic E-state index is 0.351. The van der Waals surface area contributed by atoms with Crippen molar-refractivity contribution in [2.75, 3.05) is 13.2 Å². The highest BCUT2D eigenvalue weighted by molar-refractivity contribution is 5.82. The third-order valence-electron chi connectivity index (χ3n) is 4.71. The molecule has 0 saturated carbocycles. The van der Waals surface area contributed by atoms with Crippen LogP contribution in [0, 0.1) is 0 Å². The Hall–Kier alpha value is -3.56. The van der Waals surface area contributed by atoms with Crippen LogP contribution in [-0.4, -0.2) is 24.4 Å². The zero-order valence-corrected chi connectivity index (χ0v) is 18.6. The van der Waals surface area contributed by atoms with Gasteiger partial charge in [0.25, 0.3) is 0 Å². The van der Waals surface area contributed by atoms with Crippen LogP contribution in [0.1, 0.15) is 13.8 Å². The zero-order valence-electron chi connectivity index (χ0n) is 18.6. The first-order valence-corrected chi connectivity index (χ1v) is 10.9. The van der Waals surface area contributed by atoms with Crippen LogP contribution in [0.5, 0.6) is 11.5 Å². The van der Waals surface area contributed by atoms with Gasteiger partial charge in [-0.3, -0.25) is 0 Å². The van der Waals surface area contributed by atoms with Crippen molar-refractivity contribution >= 4 is 0 Å². The summed E-state index contributed by atoms with van der Waals surface area (Å²) in [6.07, 6.45) is -0.407. The molecule has 0 amide bonds. The Morgan fingerprint density at radius 1 is 0.625 bits per heavy atom. The number of hydrogen-bond donors (Lipinski definition) is 1. The van der Waals surface area contributed by atoms with E-state index in [0.717, 1.165) is 22.6 Å². The Morgan fingerprint density at radius 2 is 1.09 bits per heavy atom. The summed E-state index contributed by atoms with van der Waals surface area (Å²) in [4.78, 5) is 0. The molecule has 4 aromatic carbocycles. The van der Waals surface area contributed by atoms with Crippen molar-refractivity contribution in [3.63, 3.8) is 0 Å². The molecule has 1 N–H and O–H groups in total. The van der Waals surface area contributed by atoms with Crippen LogP contribution in [-0.2, 0) is 0 Å². The molecule has 0 fully saturated rings. The molecule has 164 valence electrons. The van der Waals surface area contributed by atoms with Gasteiger partial charge in [0.2, 0.25) is 0 Å². The van der Waals surface area contributed by atoms with Crippen LogP contribution in [0.4, 0.5) is 0 Å². The van der Waals surface area contributed by atoms with E-state index in [4.69, 9.17) is 14.6 Å². The fourth-order valence-corrected chi connectivity index (χ4v) is 3.26. The summed E-state index contributed by atoms with van der Waals surface area (Å²) < 4.78 is 11.2. The summed E-state index contributed by atoms with van der Waals surface area (Å²) >= 11 is 0. The standard InChI is InChI=1S/C20H18O.C9H12O2/c1-2-21-20-18(16-10-5-3-6-11-16)14-9-15-19(20)17-12-7-4-8-13-17;1-8(10)7-11-9-5-3-2-4-6-9/h3-15H,2H2,1H3;2-6,8,10H,7H2,1H3. The Morgan fingerprint density at radius 3 is 1.53 bits per heavy atom. The molecule has 3 nitrogen and oxygen atoms in total. The monoisotopic (exact) mass is 426 g/mol. The maximum Gasteiger partial charge on any atom is 0.134 e. The summed E-state index contributed by atoms with van der Waals surface area (Å²) in [7, 11) is 0.